The Kier molecular flexibility index (Phi) is 5.39. The first-order chi connectivity index (χ1) is 11.8. The highest BCUT2D eigenvalue weighted by molar-refractivity contribution is 6.07. The molecule has 0 aliphatic carbocycles. The minimum Gasteiger partial charge on any atom is -0.358 e. The van der Waals surface area contributed by atoms with Crippen molar-refractivity contribution in [2.24, 2.45) is 0 Å². The van der Waals surface area contributed by atoms with E-state index in [0.717, 1.165) is 18.3 Å². The highest BCUT2D eigenvalue weighted by atomic mass is 19.4. The summed E-state index contributed by atoms with van der Waals surface area (Å²) in [4.78, 5) is 12.0. The van der Waals surface area contributed by atoms with E-state index in [9.17, 15) is 22.4 Å². The van der Waals surface area contributed by atoms with Crippen molar-refractivity contribution in [3.05, 3.63) is 71.7 Å². The molecule has 2 rings (SSSR count). The van der Waals surface area contributed by atoms with E-state index in [1.54, 1.807) is 6.07 Å². The van der Waals surface area contributed by atoms with E-state index in [1.165, 1.54) is 36.4 Å². The number of benzene rings is 2. The summed E-state index contributed by atoms with van der Waals surface area (Å²) in [5.41, 5.74) is -2.02. The van der Waals surface area contributed by atoms with E-state index in [2.05, 4.69) is 5.32 Å². The zero-order valence-corrected chi connectivity index (χ0v) is 12.6. The van der Waals surface area contributed by atoms with Crippen LogP contribution in [0.25, 0.3) is 0 Å². The number of rotatable bonds is 4. The molecular formula is C17H11F4N3O. The molecule has 0 spiro atoms. The van der Waals surface area contributed by atoms with Crippen LogP contribution < -0.4 is 10.6 Å². The highest BCUT2D eigenvalue weighted by Crippen LogP contribution is 2.34. The average molecular weight is 349 g/mol. The molecule has 25 heavy (non-hydrogen) atoms. The molecule has 0 fully saturated rings. The highest BCUT2D eigenvalue weighted by Gasteiger charge is 2.33. The van der Waals surface area contributed by atoms with Crippen molar-refractivity contribution in [3.8, 4) is 6.07 Å². The standard InChI is InChI=1S/C17H11F4N3O/c18-13-6-2-4-8-15(13)23-10-11(9-22)16(25)24-14-7-3-1-5-12(14)17(19,20)21/h1-8,10,23H,(H,24,25)/b11-10-. The fraction of sp³-hybridized carbons (Fsp3) is 0.0588. The Labute approximate surface area is 140 Å². The molecule has 8 heteroatoms. The summed E-state index contributed by atoms with van der Waals surface area (Å²) >= 11 is 0. The number of para-hydroxylation sites is 2. The van der Waals surface area contributed by atoms with Crippen LogP contribution in [0.5, 0.6) is 0 Å². The number of hydrogen-bond acceptors (Lipinski definition) is 3. The number of carbonyl (C=O) groups is 1. The van der Waals surface area contributed by atoms with E-state index in [-0.39, 0.29) is 5.69 Å². The van der Waals surface area contributed by atoms with Crippen LogP contribution in [0, 0.1) is 17.1 Å². The molecule has 0 radical (unpaired) electrons. The van der Waals surface area contributed by atoms with Crippen LogP contribution in [-0.4, -0.2) is 5.91 Å². The second-order valence-electron chi connectivity index (χ2n) is 4.79. The third kappa shape index (κ3) is 4.57. The maximum Gasteiger partial charge on any atom is 0.418 e. The zero-order valence-electron chi connectivity index (χ0n) is 12.6. The van der Waals surface area contributed by atoms with Crippen molar-refractivity contribution < 1.29 is 22.4 Å². The summed E-state index contributed by atoms with van der Waals surface area (Å²) < 4.78 is 52.2. The van der Waals surface area contributed by atoms with Crippen molar-refractivity contribution in [1.82, 2.24) is 0 Å². The molecule has 2 aromatic rings. The van der Waals surface area contributed by atoms with E-state index in [4.69, 9.17) is 5.26 Å². The molecule has 0 saturated carbocycles. The van der Waals surface area contributed by atoms with Gasteiger partial charge in [-0.2, -0.15) is 18.4 Å². The van der Waals surface area contributed by atoms with Crippen LogP contribution >= 0.6 is 0 Å². The Hall–Kier alpha value is -3.34. The van der Waals surface area contributed by atoms with Crippen LogP contribution in [0.1, 0.15) is 5.56 Å². The molecule has 1 amide bonds. The Morgan fingerprint density at radius 3 is 2.24 bits per heavy atom. The largest absolute Gasteiger partial charge is 0.418 e. The van der Waals surface area contributed by atoms with Crippen molar-refractivity contribution in [2.75, 3.05) is 10.6 Å². The maximum absolute atomic E-state index is 13.5. The summed E-state index contributed by atoms with van der Waals surface area (Å²) in [6.07, 6.45) is -3.74. The van der Waals surface area contributed by atoms with Gasteiger partial charge in [-0.3, -0.25) is 4.79 Å². The molecule has 2 N–H and O–H groups in total. The van der Waals surface area contributed by atoms with Crippen LogP contribution in [0.2, 0.25) is 0 Å². The maximum atomic E-state index is 13.5. The van der Waals surface area contributed by atoms with E-state index in [0.29, 0.717) is 0 Å². The van der Waals surface area contributed by atoms with Crippen molar-refractivity contribution in [1.29, 1.82) is 5.26 Å². The van der Waals surface area contributed by atoms with Gasteiger partial charge in [0, 0.05) is 6.20 Å². The van der Waals surface area contributed by atoms with E-state index in [1.807, 2.05) is 5.32 Å². The predicted octanol–water partition coefficient (Wildman–Crippen LogP) is 4.30. The van der Waals surface area contributed by atoms with Gasteiger partial charge in [-0.15, -0.1) is 0 Å². The minimum absolute atomic E-state index is 0.0127. The molecular weight excluding hydrogens is 338 g/mol. The molecule has 0 aromatic heterocycles. The van der Waals surface area contributed by atoms with Gasteiger partial charge in [0.15, 0.2) is 0 Å². The summed E-state index contributed by atoms with van der Waals surface area (Å²) in [7, 11) is 0. The predicted molar refractivity (Wildman–Crippen MR) is 83.8 cm³/mol. The fourth-order valence-electron chi connectivity index (χ4n) is 1.91. The number of amides is 1. The number of alkyl halides is 3. The molecule has 0 aliphatic rings. The van der Waals surface area contributed by atoms with Gasteiger partial charge in [-0.05, 0) is 24.3 Å². The second-order valence-corrected chi connectivity index (χ2v) is 4.79. The molecule has 0 saturated heterocycles. The van der Waals surface area contributed by atoms with Crippen LogP contribution in [0.3, 0.4) is 0 Å². The minimum atomic E-state index is -4.66. The van der Waals surface area contributed by atoms with E-state index >= 15 is 0 Å². The average Bonchev–Trinajstić information content (AvgIpc) is 2.56. The first-order valence-electron chi connectivity index (χ1n) is 6.92. The third-order valence-electron chi connectivity index (χ3n) is 3.09. The molecule has 0 unspecified atom stereocenters. The lowest BCUT2D eigenvalue weighted by Gasteiger charge is -2.13. The monoisotopic (exact) mass is 349 g/mol. The summed E-state index contributed by atoms with van der Waals surface area (Å²) in [6, 6.07) is 11.5. The van der Waals surface area contributed by atoms with Gasteiger partial charge >= 0.3 is 6.18 Å². The molecule has 0 atom stereocenters. The molecule has 0 heterocycles. The Morgan fingerprint density at radius 2 is 1.64 bits per heavy atom. The third-order valence-corrected chi connectivity index (χ3v) is 3.09. The summed E-state index contributed by atoms with van der Waals surface area (Å²) in [6.45, 7) is 0. The zero-order chi connectivity index (χ0) is 18.4. The summed E-state index contributed by atoms with van der Waals surface area (Å²) in [5.74, 6) is -1.66. The number of carbonyl (C=O) groups excluding carboxylic acids is 1. The lowest BCUT2D eigenvalue weighted by Crippen LogP contribution is -2.18. The number of hydrogen-bond donors (Lipinski definition) is 2. The second kappa shape index (κ2) is 7.49. The Balaban J connectivity index is 2.21. The van der Waals surface area contributed by atoms with Crippen LogP contribution in [0.15, 0.2) is 60.3 Å². The van der Waals surface area contributed by atoms with Crippen molar-refractivity contribution in [2.45, 2.75) is 6.18 Å². The normalized spacial score (nSPS) is 11.6. The lowest BCUT2D eigenvalue weighted by atomic mass is 10.1. The van der Waals surface area contributed by atoms with E-state index < -0.39 is 34.7 Å². The molecule has 0 bridgehead atoms. The number of halogens is 4. The van der Waals surface area contributed by atoms with Gasteiger partial charge in [-0.25, -0.2) is 4.39 Å². The van der Waals surface area contributed by atoms with Crippen molar-refractivity contribution in [3.63, 3.8) is 0 Å². The lowest BCUT2D eigenvalue weighted by molar-refractivity contribution is -0.137. The van der Waals surface area contributed by atoms with Gasteiger partial charge in [-0.1, -0.05) is 24.3 Å². The smallest absolute Gasteiger partial charge is 0.358 e. The fourth-order valence-corrected chi connectivity index (χ4v) is 1.91. The molecule has 2 aromatic carbocycles. The van der Waals surface area contributed by atoms with Gasteiger partial charge in [0.1, 0.15) is 17.5 Å². The number of nitrogens with one attached hydrogen (secondary N) is 2. The first-order valence-corrected chi connectivity index (χ1v) is 6.92. The topological polar surface area (TPSA) is 64.9 Å². The Morgan fingerprint density at radius 1 is 1.04 bits per heavy atom. The number of anilines is 2. The van der Waals surface area contributed by atoms with Gasteiger partial charge in [0.2, 0.25) is 0 Å². The van der Waals surface area contributed by atoms with Gasteiger partial charge in [0.25, 0.3) is 5.91 Å². The first kappa shape index (κ1) is 18.0. The molecule has 4 nitrogen and oxygen atoms in total. The molecule has 0 aliphatic heterocycles. The van der Waals surface area contributed by atoms with Crippen LogP contribution in [-0.2, 0) is 11.0 Å². The number of nitriles is 1. The molecule has 128 valence electrons. The van der Waals surface area contributed by atoms with Gasteiger partial charge in [0.05, 0.1) is 16.9 Å². The van der Waals surface area contributed by atoms with Crippen LogP contribution in [0.4, 0.5) is 28.9 Å². The quantitative estimate of drug-likeness (QED) is 0.491. The number of nitrogens with zero attached hydrogens (tertiary/aromatic N) is 1. The summed E-state index contributed by atoms with van der Waals surface area (Å²) in [5, 5.41) is 13.5. The Bertz CT molecular complexity index is 853. The SMILES string of the molecule is N#C/C(=C/Nc1ccccc1F)C(=O)Nc1ccccc1C(F)(F)F. The van der Waals surface area contributed by atoms with Gasteiger partial charge < -0.3 is 10.6 Å². The van der Waals surface area contributed by atoms with Crippen molar-refractivity contribution >= 4 is 17.3 Å².